The van der Waals surface area contributed by atoms with Gasteiger partial charge in [0.25, 0.3) is 10.2 Å². The van der Waals surface area contributed by atoms with Gasteiger partial charge < -0.3 is 9.47 Å². The molecule has 0 saturated carbocycles. The number of hydrogen-bond acceptors (Lipinski definition) is 4. The highest BCUT2D eigenvalue weighted by Gasteiger charge is 2.33. The number of ether oxygens (including phenoxy) is 2. The number of benzene rings is 2. The summed E-state index contributed by atoms with van der Waals surface area (Å²) in [5, 5.41) is 0. The Bertz CT molecular complexity index is 900. The predicted molar refractivity (Wildman–Crippen MR) is 98.5 cm³/mol. The lowest BCUT2D eigenvalue weighted by molar-refractivity contribution is 0.0786. The Kier molecular flexibility index (Phi) is 4.60. The van der Waals surface area contributed by atoms with E-state index >= 15 is 0 Å². The van der Waals surface area contributed by atoms with Crippen LogP contribution in [-0.2, 0) is 23.2 Å². The van der Waals surface area contributed by atoms with Crippen LogP contribution >= 0.6 is 0 Å². The molecule has 1 atom stereocenters. The number of hydrogen-bond donors (Lipinski definition) is 0. The Morgan fingerprint density at radius 2 is 1.77 bits per heavy atom. The van der Waals surface area contributed by atoms with Crippen LogP contribution in [0.2, 0.25) is 0 Å². The van der Waals surface area contributed by atoms with Gasteiger partial charge in [-0.1, -0.05) is 36.4 Å². The van der Waals surface area contributed by atoms with Gasteiger partial charge in [0.1, 0.15) is 12.7 Å². The maximum absolute atomic E-state index is 13.0. The number of nitrogens with zero attached hydrogens (tertiary/aromatic N) is 2. The maximum atomic E-state index is 13.0. The number of rotatable bonds is 4. The Morgan fingerprint density at radius 3 is 2.58 bits per heavy atom. The first-order valence-corrected chi connectivity index (χ1v) is 10.1. The minimum absolute atomic E-state index is 0.245. The molecule has 0 bridgehead atoms. The van der Waals surface area contributed by atoms with Crippen molar-refractivity contribution in [1.82, 2.24) is 8.61 Å². The number of fused-ring (bicyclic) bond motifs is 2. The van der Waals surface area contributed by atoms with Crippen LogP contribution in [0.25, 0.3) is 0 Å². The Hall–Kier alpha value is -2.09. The van der Waals surface area contributed by atoms with Gasteiger partial charge in [-0.25, -0.2) is 0 Å². The smallest absolute Gasteiger partial charge is 0.282 e. The van der Waals surface area contributed by atoms with Crippen LogP contribution in [0.15, 0.2) is 48.5 Å². The molecule has 2 aliphatic heterocycles. The average Bonchev–Trinajstić information content (AvgIpc) is 2.67. The highest BCUT2D eigenvalue weighted by Crippen LogP contribution is 2.31. The minimum Gasteiger partial charge on any atom is -0.486 e. The van der Waals surface area contributed by atoms with E-state index in [0.717, 1.165) is 12.0 Å². The molecule has 6 nitrogen and oxygen atoms in total. The van der Waals surface area contributed by atoms with Crippen molar-refractivity contribution in [3.05, 3.63) is 59.7 Å². The third kappa shape index (κ3) is 3.30. The Morgan fingerprint density at radius 1 is 1.08 bits per heavy atom. The molecule has 0 amide bonds. The molecule has 0 N–H and O–H groups in total. The van der Waals surface area contributed by atoms with E-state index in [1.54, 1.807) is 7.05 Å². The predicted octanol–water partition coefficient (Wildman–Crippen LogP) is 2.06. The van der Waals surface area contributed by atoms with E-state index in [0.29, 0.717) is 31.2 Å². The largest absolute Gasteiger partial charge is 0.486 e. The molecule has 0 saturated heterocycles. The summed E-state index contributed by atoms with van der Waals surface area (Å²) >= 11 is 0. The maximum Gasteiger partial charge on any atom is 0.282 e. The van der Waals surface area contributed by atoms with E-state index in [4.69, 9.17) is 9.47 Å². The molecule has 2 aromatic carbocycles. The Labute approximate surface area is 154 Å². The van der Waals surface area contributed by atoms with Gasteiger partial charge in [-0.05, 0) is 29.7 Å². The van der Waals surface area contributed by atoms with E-state index < -0.39 is 10.2 Å². The van der Waals surface area contributed by atoms with Gasteiger partial charge in [-0.2, -0.15) is 17.0 Å². The first kappa shape index (κ1) is 17.3. The molecule has 2 aromatic rings. The summed E-state index contributed by atoms with van der Waals surface area (Å²) in [7, 11) is -1.95. The van der Waals surface area contributed by atoms with Crippen molar-refractivity contribution in [2.45, 2.75) is 19.1 Å². The van der Waals surface area contributed by atoms with E-state index in [1.807, 2.05) is 42.5 Å². The normalized spacial score (nSPS) is 20.0. The van der Waals surface area contributed by atoms with E-state index in [1.165, 1.54) is 14.2 Å². The molecule has 0 aliphatic carbocycles. The molecule has 7 heteroatoms. The van der Waals surface area contributed by atoms with Gasteiger partial charge in [0, 0.05) is 20.1 Å². The fourth-order valence-corrected chi connectivity index (χ4v) is 4.77. The molecule has 2 heterocycles. The van der Waals surface area contributed by atoms with Gasteiger partial charge in [-0.3, -0.25) is 0 Å². The minimum atomic E-state index is -3.55. The molecule has 26 heavy (non-hydrogen) atoms. The van der Waals surface area contributed by atoms with Crippen molar-refractivity contribution >= 4 is 10.2 Å². The van der Waals surface area contributed by atoms with Gasteiger partial charge >= 0.3 is 0 Å². The highest BCUT2D eigenvalue weighted by atomic mass is 32.2. The van der Waals surface area contributed by atoms with Crippen LogP contribution in [0.3, 0.4) is 0 Å². The van der Waals surface area contributed by atoms with Crippen molar-refractivity contribution in [3.63, 3.8) is 0 Å². The van der Waals surface area contributed by atoms with Crippen LogP contribution in [-0.4, -0.2) is 49.9 Å². The molecule has 0 aromatic heterocycles. The van der Waals surface area contributed by atoms with Crippen LogP contribution in [0, 0.1) is 0 Å². The van der Waals surface area contributed by atoms with Gasteiger partial charge in [0.2, 0.25) is 0 Å². The second-order valence-electron chi connectivity index (χ2n) is 6.64. The van der Waals surface area contributed by atoms with E-state index in [-0.39, 0.29) is 12.6 Å². The molecule has 0 unspecified atom stereocenters. The van der Waals surface area contributed by atoms with E-state index in [2.05, 4.69) is 6.07 Å². The fraction of sp³-hybridized carbons (Fsp3) is 0.368. The van der Waals surface area contributed by atoms with Crippen molar-refractivity contribution in [2.75, 3.05) is 26.7 Å². The summed E-state index contributed by atoms with van der Waals surface area (Å²) < 4.78 is 40.4. The quantitative estimate of drug-likeness (QED) is 0.822. The second kappa shape index (κ2) is 6.90. The molecular weight excluding hydrogens is 352 g/mol. The van der Waals surface area contributed by atoms with Gasteiger partial charge in [-0.15, -0.1) is 0 Å². The van der Waals surface area contributed by atoms with Gasteiger partial charge in [0.15, 0.2) is 11.5 Å². The van der Waals surface area contributed by atoms with Crippen molar-refractivity contribution < 1.29 is 17.9 Å². The lowest BCUT2D eigenvalue weighted by atomic mass is 10.0. The summed E-state index contributed by atoms with van der Waals surface area (Å²) in [4.78, 5) is 0. The summed E-state index contributed by atoms with van der Waals surface area (Å²) in [5.74, 6) is 1.35. The number of likely N-dealkylation sites (N-methyl/N-ethyl adjacent to an activating group) is 1. The summed E-state index contributed by atoms with van der Waals surface area (Å²) in [5.41, 5.74) is 2.30. The fourth-order valence-electron chi connectivity index (χ4n) is 3.40. The zero-order valence-corrected chi connectivity index (χ0v) is 15.5. The third-order valence-electron chi connectivity index (χ3n) is 4.84. The summed E-state index contributed by atoms with van der Waals surface area (Å²) in [6.45, 7) is 1.48. The van der Waals surface area contributed by atoms with Gasteiger partial charge in [0.05, 0.1) is 6.54 Å². The van der Waals surface area contributed by atoms with E-state index in [9.17, 15) is 8.42 Å². The second-order valence-corrected chi connectivity index (χ2v) is 8.67. The van der Waals surface area contributed by atoms with Crippen LogP contribution in [0.1, 0.15) is 11.1 Å². The standard InChI is InChI=1S/C19H22N2O4S/c1-20(13-17-14-24-18-8-4-5-9-19(18)25-17)26(22,23)21-11-10-15-6-2-3-7-16(15)12-21/h2-9,17H,10-14H2,1H3/t17-/m0/s1. The molecule has 0 spiro atoms. The average molecular weight is 374 g/mol. The monoisotopic (exact) mass is 374 g/mol. The van der Waals surface area contributed by atoms with Crippen molar-refractivity contribution in [1.29, 1.82) is 0 Å². The molecular formula is C19H22N2O4S. The lowest BCUT2D eigenvalue weighted by Gasteiger charge is -2.34. The van der Waals surface area contributed by atoms with Crippen LogP contribution < -0.4 is 9.47 Å². The summed E-state index contributed by atoms with van der Waals surface area (Å²) in [6.07, 6.45) is 0.404. The zero-order valence-electron chi connectivity index (χ0n) is 14.7. The van der Waals surface area contributed by atoms with Crippen LogP contribution in [0.5, 0.6) is 11.5 Å². The molecule has 2 aliphatic rings. The summed E-state index contributed by atoms with van der Waals surface area (Å²) in [6, 6.07) is 15.4. The Balaban J connectivity index is 1.44. The van der Waals surface area contributed by atoms with Crippen molar-refractivity contribution in [3.8, 4) is 11.5 Å². The first-order valence-electron chi connectivity index (χ1n) is 8.71. The van der Waals surface area contributed by atoms with Crippen LogP contribution in [0.4, 0.5) is 0 Å². The first-order chi connectivity index (χ1) is 12.5. The SMILES string of the molecule is CN(C[C@H]1COc2ccccc2O1)S(=O)(=O)N1CCc2ccccc2C1. The molecule has 138 valence electrons. The third-order valence-corrected chi connectivity index (χ3v) is 6.75. The molecule has 0 fully saturated rings. The number of para-hydroxylation sites is 2. The van der Waals surface area contributed by atoms with Crippen molar-refractivity contribution in [2.24, 2.45) is 0 Å². The lowest BCUT2D eigenvalue weighted by Crippen LogP contribution is -2.48. The topological polar surface area (TPSA) is 59.1 Å². The molecule has 4 rings (SSSR count). The highest BCUT2D eigenvalue weighted by molar-refractivity contribution is 7.86. The molecule has 0 radical (unpaired) electrons. The zero-order chi connectivity index (χ0) is 18.1.